The molecular weight excluding hydrogens is 319 g/mol. The molecular formula is C13H14Cl2N2O2S. The van der Waals surface area contributed by atoms with Crippen molar-refractivity contribution in [3.8, 4) is 11.5 Å². The highest BCUT2D eigenvalue weighted by molar-refractivity contribution is 7.20. The second kappa shape index (κ2) is 6.65. The van der Waals surface area contributed by atoms with Crippen LogP contribution in [-0.2, 0) is 0 Å². The van der Waals surface area contributed by atoms with Crippen molar-refractivity contribution in [2.75, 3.05) is 14.2 Å². The second-order valence-corrected chi connectivity index (χ2v) is 6.27. The Hall–Kier alpha value is -0.980. The molecule has 0 fully saturated rings. The standard InChI is InChI=1S/C13H14Cl2N2O2S/c1-18-7-3-4-10(19-2)8(5-7)12(17-16)9-6-11(14)20-13(9)15/h3-6,12,17H,16H2,1-2H3. The fraction of sp³-hybridized carbons (Fsp3) is 0.231. The predicted octanol–water partition coefficient (Wildman–Crippen LogP) is 3.62. The van der Waals surface area contributed by atoms with E-state index in [0.717, 1.165) is 11.1 Å². The van der Waals surface area contributed by atoms with Crippen LogP contribution < -0.4 is 20.7 Å². The second-order valence-electron chi connectivity index (χ2n) is 3.99. The first kappa shape index (κ1) is 15.4. The molecule has 1 unspecified atom stereocenters. The molecule has 7 heteroatoms. The van der Waals surface area contributed by atoms with E-state index in [1.807, 2.05) is 18.2 Å². The van der Waals surface area contributed by atoms with Gasteiger partial charge in [0, 0.05) is 11.1 Å². The molecule has 0 saturated carbocycles. The molecule has 0 spiro atoms. The van der Waals surface area contributed by atoms with Crippen LogP contribution in [0.1, 0.15) is 17.2 Å². The van der Waals surface area contributed by atoms with Gasteiger partial charge >= 0.3 is 0 Å². The number of nitrogens with one attached hydrogen (secondary N) is 1. The van der Waals surface area contributed by atoms with E-state index in [1.54, 1.807) is 20.3 Å². The number of hydrogen-bond acceptors (Lipinski definition) is 5. The molecule has 1 aromatic carbocycles. The predicted molar refractivity (Wildman–Crippen MR) is 83.1 cm³/mol. The largest absolute Gasteiger partial charge is 0.497 e. The molecule has 0 aliphatic heterocycles. The van der Waals surface area contributed by atoms with Gasteiger partial charge in [-0.2, -0.15) is 0 Å². The van der Waals surface area contributed by atoms with Crippen LogP contribution in [0.5, 0.6) is 11.5 Å². The van der Waals surface area contributed by atoms with E-state index in [0.29, 0.717) is 20.2 Å². The van der Waals surface area contributed by atoms with Gasteiger partial charge in [0.05, 0.1) is 28.9 Å². The average Bonchev–Trinajstić information content (AvgIpc) is 2.78. The number of ether oxygens (including phenoxy) is 2. The minimum Gasteiger partial charge on any atom is -0.497 e. The maximum atomic E-state index is 6.20. The van der Waals surface area contributed by atoms with Crippen LogP contribution in [0, 0.1) is 0 Å². The van der Waals surface area contributed by atoms with Crippen LogP contribution in [-0.4, -0.2) is 14.2 Å². The van der Waals surface area contributed by atoms with Gasteiger partial charge in [-0.05, 0) is 24.3 Å². The SMILES string of the molecule is COc1ccc(OC)c(C(NN)c2cc(Cl)sc2Cl)c1. The Morgan fingerprint density at radius 1 is 1.15 bits per heavy atom. The molecule has 0 aliphatic carbocycles. The highest BCUT2D eigenvalue weighted by Crippen LogP contribution is 2.40. The van der Waals surface area contributed by atoms with Gasteiger partial charge in [0.1, 0.15) is 11.5 Å². The van der Waals surface area contributed by atoms with Crippen molar-refractivity contribution in [1.29, 1.82) is 0 Å². The third kappa shape index (κ3) is 3.02. The first-order valence-electron chi connectivity index (χ1n) is 5.73. The molecule has 0 aliphatic rings. The van der Waals surface area contributed by atoms with E-state index in [1.165, 1.54) is 11.3 Å². The van der Waals surface area contributed by atoms with Gasteiger partial charge < -0.3 is 9.47 Å². The van der Waals surface area contributed by atoms with E-state index in [9.17, 15) is 0 Å². The number of hydrazine groups is 1. The van der Waals surface area contributed by atoms with Crippen LogP contribution in [0.25, 0.3) is 0 Å². The topological polar surface area (TPSA) is 56.5 Å². The first-order chi connectivity index (χ1) is 9.60. The molecule has 3 N–H and O–H groups in total. The number of nitrogens with two attached hydrogens (primary N) is 1. The Labute approximate surface area is 131 Å². The quantitative estimate of drug-likeness (QED) is 0.648. The van der Waals surface area contributed by atoms with E-state index in [-0.39, 0.29) is 6.04 Å². The fourth-order valence-corrected chi connectivity index (χ4v) is 3.49. The van der Waals surface area contributed by atoms with E-state index < -0.39 is 0 Å². The van der Waals surface area contributed by atoms with Gasteiger partial charge in [-0.3, -0.25) is 5.84 Å². The Balaban J connectivity index is 2.53. The summed E-state index contributed by atoms with van der Waals surface area (Å²) >= 11 is 13.5. The van der Waals surface area contributed by atoms with Crippen LogP contribution in [0.2, 0.25) is 8.67 Å². The maximum absolute atomic E-state index is 6.20. The zero-order chi connectivity index (χ0) is 14.7. The molecule has 0 bridgehead atoms. The summed E-state index contributed by atoms with van der Waals surface area (Å²) in [5.41, 5.74) is 4.37. The molecule has 0 amide bonds. The smallest absolute Gasteiger partial charge is 0.124 e. The minimum absolute atomic E-state index is 0.337. The monoisotopic (exact) mass is 332 g/mol. The van der Waals surface area contributed by atoms with Gasteiger partial charge in [0.15, 0.2) is 0 Å². The van der Waals surface area contributed by atoms with E-state index in [4.69, 9.17) is 38.5 Å². The molecule has 20 heavy (non-hydrogen) atoms. The van der Waals surface area contributed by atoms with Gasteiger partial charge in [-0.15, -0.1) is 11.3 Å². The number of halogens is 2. The summed E-state index contributed by atoms with van der Waals surface area (Å²) in [6, 6.07) is 6.94. The molecule has 0 radical (unpaired) electrons. The number of thiophene rings is 1. The van der Waals surface area contributed by atoms with Gasteiger partial charge in [-0.1, -0.05) is 23.2 Å². The summed E-state index contributed by atoms with van der Waals surface area (Å²) in [5.74, 6) is 7.08. The lowest BCUT2D eigenvalue weighted by Crippen LogP contribution is -2.29. The molecule has 1 heterocycles. The molecule has 1 atom stereocenters. The Morgan fingerprint density at radius 3 is 2.40 bits per heavy atom. The van der Waals surface area contributed by atoms with Gasteiger partial charge in [-0.25, -0.2) is 5.43 Å². The Morgan fingerprint density at radius 2 is 1.90 bits per heavy atom. The van der Waals surface area contributed by atoms with Crippen molar-refractivity contribution in [3.63, 3.8) is 0 Å². The zero-order valence-corrected chi connectivity index (χ0v) is 13.3. The summed E-state index contributed by atoms with van der Waals surface area (Å²) in [6.07, 6.45) is 0. The van der Waals surface area contributed by atoms with Crippen molar-refractivity contribution < 1.29 is 9.47 Å². The molecule has 0 saturated heterocycles. The first-order valence-corrected chi connectivity index (χ1v) is 7.30. The van der Waals surface area contributed by atoms with Crippen LogP contribution >= 0.6 is 34.5 Å². The highest BCUT2D eigenvalue weighted by atomic mass is 35.5. The third-order valence-corrected chi connectivity index (χ3v) is 4.43. The maximum Gasteiger partial charge on any atom is 0.124 e. The molecule has 1 aromatic heterocycles. The molecule has 2 aromatic rings. The van der Waals surface area contributed by atoms with Gasteiger partial charge in [0.2, 0.25) is 0 Å². The number of rotatable bonds is 5. The lowest BCUT2D eigenvalue weighted by Gasteiger charge is -2.19. The van der Waals surface area contributed by atoms with Gasteiger partial charge in [0.25, 0.3) is 0 Å². The third-order valence-electron chi connectivity index (χ3n) is 2.91. The summed E-state index contributed by atoms with van der Waals surface area (Å²) in [4.78, 5) is 0. The lowest BCUT2D eigenvalue weighted by molar-refractivity contribution is 0.394. The summed E-state index contributed by atoms with van der Waals surface area (Å²) in [5, 5.41) is 0. The Bertz CT molecular complexity index is 604. The highest BCUT2D eigenvalue weighted by Gasteiger charge is 2.22. The summed E-state index contributed by atoms with van der Waals surface area (Å²) in [7, 11) is 3.20. The number of methoxy groups -OCH3 is 2. The lowest BCUT2D eigenvalue weighted by atomic mass is 10.0. The van der Waals surface area contributed by atoms with E-state index in [2.05, 4.69) is 5.43 Å². The molecule has 2 rings (SSSR count). The Kier molecular flexibility index (Phi) is 5.12. The summed E-state index contributed by atoms with van der Waals surface area (Å²) in [6.45, 7) is 0. The normalized spacial score (nSPS) is 12.2. The summed E-state index contributed by atoms with van der Waals surface area (Å²) < 4.78 is 11.8. The van der Waals surface area contributed by atoms with Crippen LogP contribution in [0.4, 0.5) is 0 Å². The van der Waals surface area contributed by atoms with Crippen molar-refractivity contribution in [2.45, 2.75) is 6.04 Å². The number of benzene rings is 1. The minimum atomic E-state index is -0.337. The average molecular weight is 333 g/mol. The van der Waals surface area contributed by atoms with Crippen molar-refractivity contribution in [1.82, 2.24) is 5.43 Å². The molecule has 108 valence electrons. The fourth-order valence-electron chi connectivity index (χ4n) is 1.96. The zero-order valence-electron chi connectivity index (χ0n) is 10.9. The van der Waals surface area contributed by atoms with Crippen LogP contribution in [0.3, 0.4) is 0 Å². The van der Waals surface area contributed by atoms with Crippen molar-refractivity contribution in [2.24, 2.45) is 5.84 Å². The van der Waals surface area contributed by atoms with Crippen molar-refractivity contribution >= 4 is 34.5 Å². The number of hydrogen-bond donors (Lipinski definition) is 2. The van der Waals surface area contributed by atoms with E-state index >= 15 is 0 Å². The van der Waals surface area contributed by atoms with Crippen LogP contribution in [0.15, 0.2) is 24.3 Å². The van der Waals surface area contributed by atoms with Crippen molar-refractivity contribution in [3.05, 3.63) is 44.1 Å². The molecule has 4 nitrogen and oxygen atoms in total.